The number of carboxylic acid groups (broad SMARTS) is 1. The van der Waals surface area contributed by atoms with Crippen LogP contribution in [0.3, 0.4) is 0 Å². The van der Waals surface area contributed by atoms with E-state index in [1.807, 2.05) is 0 Å². The number of carbonyl (C=O) groups is 4. The van der Waals surface area contributed by atoms with E-state index in [9.17, 15) is 19.2 Å². The third-order valence-corrected chi connectivity index (χ3v) is 3.17. The highest BCUT2D eigenvalue weighted by atomic mass is 16.4. The Labute approximate surface area is 129 Å². The maximum absolute atomic E-state index is 12.1. The Morgan fingerprint density at radius 3 is 2.23 bits per heavy atom. The lowest BCUT2D eigenvalue weighted by molar-refractivity contribution is -0.139. The molecule has 1 amide bonds. The number of aliphatic carboxylic acids is 1. The number of carboxylic acids is 1. The molecule has 0 aliphatic heterocycles. The molecule has 0 aromatic rings. The number of Topliss-reactive ketones (excluding diaryl/α,β-unsaturated/α-hetero) is 1. The molecule has 0 saturated carbocycles. The van der Waals surface area contributed by atoms with Crippen LogP contribution in [0.2, 0.25) is 0 Å². The fourth-order valence-corrected chi connectivity index (χ4v) is 1.98. The molecule has 0 spiro atoms. The molecule has 8 nitrogen and oxygen atoms in total. The minimum atomic E-state index is -1.20. The van der Waals surface area contributed by atoms with E-state index in [4.69, 9.17) is 16.6 Å². The van der Waals surface area contributed by atoms with Crippen LogP contribution in [0.15, 0.2) is 0 Å². The van der Waals surface area contributed by atoms with Gasteiger partial charge in [0.25, 0.3) is 0 Å². The summed E-state index contributed by atoms with van der Waals surface area (Å²) in [5.41, 5.74) is 10.8. The van der Waals surface area contributed by atoms with Crippen LogP contribution in [0.5, 0.6) is 0 Å². The van der Waals surface area contributed by atoms with E-state index in [2.05, 4.69) is 5.32 Å². The predicted molar refractivity (Wildman–Crippen MR) is 79.9 cm³/mol. The molecule has 0 rings (SSSR count). The Bertz CT molecular complexity index is 387. The molecule has 0 bridgehead atoms. The van der Waals surface area contributed by atoms with Crippen molar-refractivity contribution in [3.8, 4) is 0 Å². The Morgan fingerprint density at radius 1 is 1.09 bits per heavy atom. The first kappa shape index (κ1) is 20.2. The van der Waals surface area contributed by atoms with Gasteiger partial charge >= 0.3 is 5.97 Å². The molecule has 0 radical (unpaired) electrons. The Morgan fingerprint density at radius 2 is 1.73 bits per heavy atom. The smallest absolute Gasteiger partial charge is 0.305 e. The van der Waals surface area contributed by atoms with Crippen molar-refractivity contribution < 1.29 is 24.3 Å². The average Bonchev–Trinajstić information content (AvgIpc) is 2.46. The van der Waals surface area contributed by atoms with Gasteiger partial charge in [-0.1, -0.05) is 0 Å². The summed E-state index contributed by atoms with van der Waals surface area (Å²) < 4.78 is 0. The van der Waals surface area contributed by atoms with E-state index in [1.165, 1.54) is 0 Å². The summed E-state index contributed by atoms with van der Waals surface area (Å²) in [7, 11) is 0. The van der Waals surface area contributed by atoms with Gasteiger partial charge in [-0.3, -0.25) is 14.4 Å². The molecular formula is C14H25N3O5. The summed E-state index contributed by atoms with van der Waals surface area (Å²) in [5.74, 6) is -2.97. The Balaban J connectivity index is 4.69. The number of carbonyl (C=O) groups excluding carboxylic acids is 3. The van der Waals surface area contributed by atoms with E-state index in [-0.39, 0.29) is 18.6 Å². The lowest BCUT2D eigenvalue weighted by Crippen LogP contribution is -2.43. The van der Waals surface area contributed by atoms with Gasteiger partial charge < -0.3 is 26.7 Å². The first-order valence-electron chi connectivity index (χ1n) is 7.36. The van der Waals surface area contributed by atoms with Crippen molar-refractivity contribution in [3.63, 3.8) is 0 Å². The maximum atomic E-state index is 12.1. The maximum Gasteiger partial charge on any atom is 0.305 e. The van der Waals surface area contributed by atoms with Crippen LogP contribution in [0, 0.1) is 5.92 Å². The van der Waals surface area contributed by atoms with Gasteiger partial charge in [0.05, 0.1) is 18.4 Å². The fourth-order valence-electron chi connectivity index (χ4n) is 1.98. The topological polar surface area (TPSA) is 153 Å². The molecule has 0 aliphatic rings. The highest BCUT2D eigenvalue weighted by molar-refractivity contribution is 6.02. The number of amides is 1. The van der Waals surface area contributed by atoms with Gasteiger partial charge in [-0.15, -0.1) is 0 Å². The van der Waals surface area contributed by atoms with Gasteiger partial charge in [0.15, 0.2) is 0 Å². The lowest BCUT2D eigenvalue weighted by atomic mass is 9.93. The molecule has 0 aliphatic carbocycles. The highest BCUT2D eigenvalue weighted by Crippen LogP contribution is 2.13. The van der Waals surface area contributed by atoms with E-state index in [0.717, 1.165) is 0 Å². The summed E-state index contributed by atoms with van der Waals surface area (Å²) in [4.78, 5) is 45.6. The molecular weight excluding hydrogens is 290 g/mol. The number of rotatable bonds is 13. The van der Waals surface area contributed by atoms with Gasteiger partial charge in [-0.05, 0) is 38.8 Å². The predicted octanol–water partition coefficient (Wildman–Crippen LogP) is -0.802. The summed E-state index contributed by atoms with van der Waals surface area (Å²) in [6, 6.07) is -1.14. The van der Waals surface area contributed by atoms with E-state index >= 15 is 0 Å². The number of ketones is 1. The molecule has 2 atom stereocenters. The number of nitrogens with two attached hydrogens (primary N) is 2. The minimum Gasteiger partial charge on any atom is -0.481 e. The normalized spacial score (nSPS) is 13.2. The first-order chi connectivity index (χ1) is 10.5. The molecule has 0 heterocycles. The summed E-state index contributed by atoms with van der Waals surface area (Å²) in [5, 5.41) is 11.0. The van der Waals surface area contributed by atoms with Crippen molar-refractivity contribution >= 4 is 23.9 Å². The monoisotopic (exact) mass is 315 g/mol. The van der Waals surface area contributed by atoms with Crippen molar-refractivity contribution in [3.05, 3.63) is 0 Å². The molecule has 0 aromatic carbocycles. The van der Waals surface area contributed by atoms with Crippen molar-refractivity contribution in [2.24, 2.45) is 17.4 Å². The highest BCUT2D eigenvalue weighted by Gasteiger charge is 2.27. The minimum absolute atomic E-state index is 0.227. The Hall–Kier alpha value is -1.80. The summed E-state index contributed by atoms with van der Waals surface area (Å²) in [6.45, 7) is 0.810. The molecule has 1 unspecified atom stereocenters. The average molecular weight is 315 g/mol. The standard InChI is InChI=1S/C14H25N3O5/c15-6-2-1-5-12(19)11(4-3-7-16)14(22)17-10(9-18)8-13(20)21/h9-11H,1-8,15-16H2,(H,17,22)(H,20,21)/t10-,11?/m0/s1. The number of aldehydes is 1. The van der Waals surface area contributed by atoms with Crippen molar-refractivity contribution in [2.75, 3.05) is 13.1 Å². The van der Waals surface area contributed by atoms with Crippen LogP contribution in [-0.2, 0) is 19.2 Å². The van der Waals surface area contributed by atoms with E-state index in [1.54, 1.807) is 0 Å². The molecule has 8 heteroatoms. The molecule has 0 saturated heterocycles. The number of nitrogens with one attached hydrogen (secondary N) is 1. The van der Waals surface area contributed by atoms with Crippen LogP contribution < -0.4 is 16.8 Å². The lowest BCUT2D eigenvalue weighted by Gasteiger charge is -2.18. The van der Waals surface area contributed by atoms with Crippen LogP contribution in [0.4, 0.5) is 0 Å². The van der Waals surface area contributed by atoms with Crippen LogP contribution >= 0.6 is 0 Å². The van der Waals surface area contributed by atoms with Gasteiger partial charge in [0.2, 0.25) is 5.91 Å². The van der Waals surface area contributed by atoms with Gasteiger partial charge in [-0.25, -0.2) is 0 Å². The zero-order valence-electron chi connectivity index (χ0n) is 12.6. The fraction of sp³-hybridized carbons (Fsp3) is 0.714. The SMILES string of the molecule is NCCCCC(=O)C(CCCN)C(=O)N[C@H](C=O)CC(=O)O. The quantitative estimate of drug-likeness (QED) is 0.197. The second-order valence-electron chi connectivity index (χ2n) is 5.04. The molecule has 6 N–H and O–H groups in total. The van der Waals surface area contributed by atoms with Crippen LogP contribution in [0.25, 0.3) is 0 Å². The first-order valence-corrected chi connectivity index (χ1v) is 7.36. The van der Waals surface area contributed by atoms with Gasteiger partial charge in [-0.2, -0.15) is 0 Å². The molecule has 22 heavy (non-hydrogen) atoms. The number of hydrogen-bond donors (Lipinski definition) is 4. The van der Waals surface area contributed by atoms with Crippen molar-refractivity contribution in [2.45, 2.75) is 44.6 Å². The molecule has 0 aromatic heterocycles. The zero-order chi connectivity index (χ0) is 17.0. The van der Waals surface area contributed by atoms with Gasteiger partial charge in [0.1, 0.15) is 12.1 Å². The number of hydrogen-bond acceptors (Lipinski definition) is 6. The summed E-state index contributed by atoms with van der Waals surface area (Å²) >= 11 is 0. The largest absolute Gasteiger partial charge is 0.481 e. The van der Waals surface area contributed by atoms with Crippen LogP contribution in [0.1, 0.15) is 38.5 Å². The van der Waals surface area contributed by atoms with E-state index in [0.29, 0.717) is 38.6 Å². The van der Waals surface area contributed by atoms with Crippen molar-refractivity contribution in [1.29, 1.82) is 0 Å². The van der Waals surface area contributed by atoms with Crippen LogP contribution in [-0.4, -0.2) is 48.2 Å². The third kappa shape index (κ3) is 8.48. The van der Waals surface area contributed by atoms with Gasteiger partial charge in [0, 0.05) is 6.42 Å². The van der Waals surface area contributed by atoms with Crippen molar-refractivity contribution in [1.82, 2.24) is 5.32 Å². The molecule has 126 valence electrons. The summed E-state index contributed by atoms with van der Waals surface area (Å²) in [6.07, 6.45) is 2.12. The third-order valence-electron chi connectivity index (χ3n) is 3.17. The Kier molecular flexibility index (Phi) is 10.8. The second kappa shape index (κ2) is 11.8. The second-order valence-corrected chi connectivity index (χ2v) is 5.04. The zero-order valence-corrected chi connectivity index (χ0v) is 12.6. The number of unbranched alkanes of at least 4 members (excludes halogenated alkanes) is 1. The molecule has 0 fully saturated rings. The van der Waals surface area contributed by atoms with E-state index < -0.39 is 30.3 Å².